The lowest BCUT2D eigenvalue weighted by Gasteiger charge is -2.13. The number of fused-ring (bicyclic) bond motifs is 1. The average molecular weight is 407 g/mol. The number of carbonyl (C=O) groups excluding carboxylic acids is 1. The van der Waals surface area contributed by atoms with Crippen LogP contribution in [-0.4, -0.2) is 21.6 Å². The van der Waals surface area contributed by atoms with E-state index in [2.05, 4.69) is 4.99 Å². The van der Waals surface area contributed by atoms with E-state index in [1.807, 2.05) is 0 Å². The van der Waals surface area contributed by atoms with Crippen LogP contribution < -0.4 is 4.80 Å². The van der Waals surface area contributed by atoms with Crippen molar-refractivity contribution in [1.82, 2.24) is 4.57 Å². The van der Waals surface area contributed by atoms with E-state index < -0.39 is 23.7 Å². The van der Waals surface area contributed by atoms with Gasteiger partial charge in [0.2, 0.25) is 0 Å². The molecule has 0 saturated heterocycles. The fraction of sp³-hybridized carbons (Fsp3) is 0.211. The van der Waals surface area contributed by atoms with Crippen LogP contribution in [0.1, 0.15) is 35.3 Å². The molecule has 1 unspecified atom stereocenters. The number of carboxylic acid groups (broad SMARTS) is 1. The highest BCUT2D eigenvalue weighted by molar-refractivity contribution is 7.16. The lowest BCUT2D eigenvalue weighted by Crippen LogP contribution is -2.27. The molecule has 0 spiro atoms. The van der Waals surface area contributed by atoms with Gasteiger partial charge in [-0.25, -0.2) is 9.18 Å². The van der Waals surface area contributed by atoms with Crippen molar-refractivity contribution in [3.05, 3.63) is 63.2 Å². The van der Waals surface area contributed by atoms with Gasteiger partial charge in [0.1, 0.15) is 11.9 Å². The minimum absolute atomic E-state index is 0.203. The van der Waals surface area contributed by atoms with Gasteiger partial charge in [0.05, 0.1) is 10.2 Å². The summed E-state index contributed by atoms with van der Waals surface area (Å²) >= 11 is 7.07. The number of carbonyl (C=O) groups is 2. The van der Waals surface area contributed by atoms with E-state index in [-0.39, 0.29) is 16.8 Å². The van der Waals surface area contributed by atoms with Gasteiger partial charge in [-0.15, -0.1) is 0 Å². The molecule has 0 aliphatic carbocycles. The summed E-state index contributed by atoms with van der Waals surface area (Å²) in [5.41, 5.74) is 1.12. The summed E-state index contributed by atoms with van der Waals surface area (Å²) in [4.78, 5) is 28.6. The largest absolute Gasteiger partial charge is 0.480 e. The van der Waals surface area contributed by atoms with E-state index in [1.54, 1.807) is 38.1 Å². The molecule has 1 heterocycles. The zero-order chi connectivity index (χ0) is 19.7. The van der Waals surface area contributed by atoms with Gasteiger partial charge in [0.15, 0.2) is 4.80 Å². The highest BCUT2D eigenvalue weighted by atomic mass is 35.5. The van der Waals surface area contributed by atoms with Crippen LogP contribution in [0.2, 0.25) is 5.02 Å². The molecule has 2 aromatic carbocycles. The molecule has 0 fully saturated rings. The Bertz CT molecular complexity index is 1120. The third-order valence-corrected chi connectivity index (χ3v) is 5.41. The van der Waals surface area contributed by atoms with Gasteiger partial charge in [0, 0.05) is 10.6 Å². The molecule has 0 radical (unpaired) electrons. The maximum absolute atomic E-state index is 14.1. The van der Waals surface area contributed by atoms with E-state index in [9.17, 15) is 19.1 Å². The third-order valence-electron chi connectivity index (χ3n) is 4.16. The zero-order valence-electron chi connectivity index (χ0n) is 14.6. The quantitative estimate of drug-likeness (QED) is 0.689. The molecule has 1 N–H and O–H groups in total. The number of aliphatic carboxylic acids is 1. The monoisotopic (exact) mass is 406 g/mol. The fourth-order valence-electron chi connectivity index (χ4n) is 2.78. The molecule has 0 aliphatic rings. The van der Waals surface area contributed by atoms with Crippen LogP contribution in [0.3, 0.4) is 0 Å². The molecule has 27 heavy (non-hydrogen) atoms. The van der Waals surface area contributed by atoms with E-state index in [1.165, 1.54) is 16.7 Å². The van der Waals surface area contributed by atoms with Gasteiger partial charge < -0.3 is 9.67 Å². The van der Waals surface area contributed by atoms with Crippen molar-refractivity contribution in [1.29, 1.82) is 0 Å². The number of carboxylic acids is 1. The molecule has 3 rings (SSSR count). The standard InChI is InChI=1S/C19H16ClFN2O3S/c1-3-14(18(25)26)23-15-9-13(21)10(2)7-16(15)27-19(23)22-17(24)11-5-4-6-12(20)8-11/h4-9,14H,3H2,1-2H3,(H,25,26). The van der Waals surface area contributed by atoms with Gasteiger partial charge in [-0.1, -0.05) is 35.9 Å². The minimum atomic E-state index is -1.07. The van der Waals surface area contributed by atoms with Crippen molar-refractivity contribution in [3.63, 3.8) is 0 Å². The third kappa shape index (κ3) is 3.79. The van der Waals surface area contributed by atoms with Crippen molar-refractivity contribution in [2.24, 2.45) is 4.99 Å². The maximum Gasteiger partial charge on any atom is 0.326 e. The highest BCUT2D eigenvalue weighted by Gasteiger charge is 2.23. The summed E-state index contributed by atoms with van der Waals surface area (Å²) < 4.78 is 16.2. The number of hydrogen-bond acceptors (Lipinski definition) is 3. The molecule has 0 saturated carbocycles. The van der Waals surface area contributed by atoms with Crippen molar-refractivity contribution >= 4 is 45.0 Å². The molecular weight excluding hydrogens is 391 g/mol. The summed E-state index contributed by atoms with van der Waals surface area (Å²) in [7, 11) is 0. The zero-order valence-corrected chi connectivity index (χ0v) is 16.1. The van der Waals surface area contributed by atoms with Gasteiger partial charge in [0.25, 0.3) is 5.91 Å². The first-order valence-corrected chi connectivity index (χ1v) is 9.40. The number of aromatic nitrogens is 1. The predicted octanol–water partition coefficient (Wildman–Crippen LogP) is 4.58. The van der Waals surface area contributed by atoms with Crippen LogP contribution in [0, 0.1) is 12.7 Å². The number of thiazole rings is 1. The number of hydrogen-bond donors (Lipinski definition) is 1. The summed E-state index contributed by atoms with van der Waals surface area (Å²) in [5.74, 6) is -2.06. The maximum atomic E-state index is 14.1. The molecule has 0 aliphatic heterocycles. The van der Waals surface area contributed by atoms with Crippen LogP contribution in [0.4, 0.5) is 4.39 Å². The Morgan fingerprint density at radius 3 is 2.70 bits per heavy atom. The average Bonchev–Trinajstić information content (AvgIpc) is 2.93. The second-order valence-electron chi connectivity index (χ2n) is 6.01. The highest BCUT2D eigenvalue weighted by Crippen LogP contribution is 2.25. The minimum Gasteiger partial charge on any atom is -0.480 e. The Morgan fingerprint density at radius 2 is 2.07 bits per heavy atom. The van der Waals surface area contributed by atoms with Crippen LogP contribution in [0.5, 0.6) is 0 Å². The van der Waals surface area contributed by atoms with Crippen LogP contribution in [-0.2, 0) is 4.79 Å². The molecule has 140 valence electrons. The van der Waals surface area contributed by atoms with Crippen LogP contribution in [0.25, 0.3) is 10.2 Å². The number of nitrogens with zero attached hydrogens (tertiary/aromatic N) is 2. The number of amides is 1. The first-order valence-electron chi connectivity index (χ1n) is 8.20. The summed E-state index contributed by atoms with van der Waals surface area (Å²) in [5, 5.41) is 9.98. The van der Waals surface area contributed by atoms with Gasteiger partial charge >= 0.3 is 5.97 Å². The SMILES string of the molecule is CCC(C(=O)O)n1c(=NC(=O)c2cccc(Cl)c2)sc2cc(C)c(F)cc21. The Hall–Kier alpha value is -2.51. The first-order chi connectivity index (χ1) is 12.8. The van der Waals surface area contributed by atoms with Crippen molar-refractivity contribution in [3.8, 4) is 0 Å². The van der Waals surface area contributed by atoms with Gasteiger partial charge in [-0.2, -0.15) is 4.99 Å². The predicted molar refractivity (Wildman–Crippen MR) is 103 cm³/mol. The summed E-state index contributed by atoms with van der Waals surface area (Å²) in [6, 6.07) is 8.29. The number of halogens is 2. The van der Waals surface area contributed by atoms with Gasteiger partial charge in [-0.3, -0.25) is 4.79 Å². The Balaban J connectivity index is 2.28. The number of benzene rings is 2. The second kappa shape index (κ2) is 7.62. The number of rotatable bonds is 4. The van der Waals surface area contributed by atoms with Crippen molar-refractivity contribution in [2.75, 3.05) is 0 Å². The lowest BCUT2D eigenvalue weighted by molar-refractivity contribution is -0.140. The summed E-state index contributed by atoms with van der Waals surface area (Å²) in [6.07, 6.45) is 0.259. The van der Waals surface area contributed by atoms with Crippen molar-refractivity contribution in [2.45, 2.75) is 26.3 Å². The van der Waals surface area contributed by atoms with Crippen LogP contribution in [0.15, 0.2) is 41.4 Å². The number of aryl methyl sites for hydroxylation is 1. The molecule has 1 aromatic heterocycles. The van der Waals surface area contributed by atoms with Gasteiger partial charge in [-0.05, 0) is 49.2 Å². The molecule has 1 amide bonds. The molecule has 3 aromatic rings. The van der Waals surface area contributed by atoms with Crippen LogP contribution >= 0.6 is 22.9 Å². The first kappa shape index (κ1) is 19.3. The Kier molecular flexibility index (Phi) is 5.43. The molecule has 5 nitrogen and oxygen atoms in total. The lowest BCUT2D eigenvalue weighted by atomic mass is 10.2. The van der Waals surface area contributed by atoms with E-state index >= 15 is 0 Å². The van der Waals surface area contributed by atoms with E-state index in [0.29, 0.717) is 20.8 Å². The van der Waals surface area contributed by atoms with E-state index in [0.717, 1.165) is 11.3 Å². The Labute approximate surface area is 163 Å². The fourth-order valence-corrected chi connectivity index (χ4v) is 4.12. The van der Waals surface area contributed by atoms with E-state index in [4.69, 9.17) is 11.6 Å². The summed E-state index contributed by atoms with van der Waals surface area (Å²) in [6.45, 7) is 3.34. The molecule has 0 bridgehead atoms. The normalized spacial score (nSPS) is 13.1. The molecule has 1 atom stereocenters. The molecular formula is C19H16ClFN2O3S. The topological polar surface area (TPSA) is 71.7 Å². The van der Waals surface area contributed by atoms with Crippen molar-refractivity contribution < 1.29 is 19.1 Å². The Morgan fingerprint density at radius 1 is 1.33 bits per heavy atom. The smallest absolute Gasteiger partial charge is 0.326 e. The molecule has 8 heteroatoms. The second-order valence-corrected chi connectivity index (χ2v) is 7.46.